The Hall–Kier alpha value is -2.63. The number of rotatable bonds is 3. The van der Waals surface area contributed by atoms with E-state index >= 15 is 0 Å². The quantitative estimate of drug-likeness (QED) is 0.769. The van der Waals surface area contributed by atoms with Crippen LogP contribution in [0.15, 0.2) is 24.5 Å². The van der Waals surface area contributed by atoms with Gasteiger partial charge in [0.05, 0.1) is 30.6 Å². The Kier molecular flexibility index (Phi) is 2.56. The van der Waals surface area contributed by atoms with Crippen LogP contribution in [0.2, 0.25) is 0 Å². The summed E-state index contributed by atoms with van der Waals surface area (Å²) in [6.45, 7) is 0. The molecule has 0 saturated carbocycles. The number of fused-ring (bicyclic) bond motifs is 1. The normalized spacial score (nSPS) is 13.2. The van der Waals surface area contributed by atoms with Crippen molar-refractivity contribution in [3.63, 3.8) is 0 Å². The molecule has 0 atom stereocenters. The lowest BCUT2D eigenvalue weighted by molar-refractivity contribution is -0.136. The molecule has 19 heavy (non-hydrogen) atoms. The summed E-state index contributed by atoms with van der Waals surface area (Å²) in [5, 5.41) is 11.6. The number of carbonyl (C=O) groups is 2. The highest BCUT2D eigenvalue weighted by Crippen LogP contribution is 2.29. The minimum atomic E-state index is -0.913. The molecule has 0 spiro atoms. The van der Waals surface area contributed by atoms with E-state index in [4.69, 9.17) is 5.11 Å². The van der Waals surface area contributed by atoms with Crippen molar-refractivity contribution in [2.45, 2.75) is 12.8 Å². The Balaban J connectivity index is 1.99. The molecule has 6 heteroatoms. The molecule has 2 heterocycles. The molecule has 3 N–H and O–H groups in total. The molecule has 1 aliphatic heterocycles. The number of imidazole rings is 1. The molecular formula is C13H11N3O3. The second-order valence-electron chi connectivity index (χ2n) is 4.40. The fourth-order valence-corrected chi connectivity index (χ4v) is 2.23. The SMILES string of the molecule is O=C(O)Cc1[nH]cnc1-c1ccc2c(c1)CC(=O)N2. The average molecular weight is 257 g/mol. The van der Waals surface area contributed by atoms with E-state index in [9.17, 15) is 9.59 Å². The van der Waals surface area contributed by atoms with Crippen molar-refractivity contribution < 1.29 is 14.7 Å². The van der Waals surface area contributed by atoms with Gasteiger partial charge in [-0.15, -0.1) is 0 Å². The van der Waals surface area contributed by atoms with E-state index in [1.54, 1.807) is 0 Å². The Labute approximate surface area is 108 Å². The predicted molar refractivity (Wildman–Crippen MR) is 67.7 cm³/mol. The zero-order valence-electron chi connectivity index (χ0n) is 9.93. The molecule has 0 aliphatic carbocycles. The first kappa shape index (κ1) is 11.5. The molecule has 6 nitrogen and oxygen atoms in total. The molecular weight excluding hydrogens is 246 g/mol. The van der Waals surface area contributed by atoms with E-state index in [1.807, 2.05) is 18.2 Å². The first-order chi connectivity index (χ1) is 9.13. The summed E-state index contributed by atoms with van der Waals surface area (Å²) >= 11 is 0. The molecule has 1 amide bonds. The van der Waals surface area contributed by atoms with Crippen LogP contribution in [0.4, 0.5) is 5.69 Å². The summed E-state index contributed by atoms with van der Waals surface area (Å²) < 4.78 is 0. The Morgan fingerprint density at radius 1 is 1.42 bits per heavy atom. The van der Waals surface area contributed by atoms with Gasteiger partial charge in [-0.05, 0) is 17.7 Å². The van der Waals surface area contributed by atoms with Crippen molar-refractivity contribution in [2.75, 3.05) is 5.32 Å². The number of amides is 1. The van der Waals surface area contributed by atoms with E-state index in [0.717, 1.165) is 16.8 Å². The molecule has 1 aromatic carbocycles. The van der Waals surface area contributed by atoms with Crippen LogP contribution < -0.4 is 5.32 Å². The van der Waals surface area contributed by atoms with Gasteiger partial charge in [-0.3, -0.25) is 9.59 Å². The number of H-pyrrole nitrogens is 1. The Bertz CT molecular complexity index is 676. The third kappa shape index (κ3) is 2.08. The van der Waals surface area contributed by atoms with E-state index < -0.39 is 5.97 Å². The van der Waals surface area contributed by atoms with Gasteiger partial charge in [-0.25, -0.2) is 4.98 Å². The molecule has 96 valence electrons. The smallest absolute Gasteiger partial charge is 0.309 e. The van der Waals surface area contributed by atoms with Crippen molar-refractivity contribution in [3.05, 3.63) is 35.8 Å². The number of nitrogens with zero attached hydrogens (tertiary/aromatic N) is 1. The van der Waals surface area contributed by atoms with Crippen LogP contribution in [0.25, 0.3) is 11.3 Å². The van der Waals surface area contributed by atoms with Gasteiger partial charge in [0.1, 0.15) is 0 Å². The molecule has 1 aliphatic rings. The number of aromatic amines is 1. The van der Waals surface area contributed by atoms with E-state index in [-0.39, 0.29) is 12.3 Å². The topological polar surface area (TPSA) is 95.1 Å². The van der Waals surface area contributed by atoms with E-state index in [1.165, 1.54) is 6.33 Å². The minimum absolute atomic E-state index is 0.0278. The number of aromatic nitrogens is 2. The van der Waals surface area contributed by atoms with Crippen LogP contribution >= 0.6 is 0 Å². The summed E-state index contributed by atoms with van der Waals surface area (Å²) in [7, 11) is 0. The van der Waals surface area contributed by atoms with Gasteiger partial charge in [0.2, 0.25) is 5.91 Å². The zero-order chi connectivity index (χ0) is 13.4. The van der Waals surface area contributed by atoms with Crippen LogP contribution in [-0.2, 0) is 22.4 Å². The van der Waals surface area contributed by atoms with Gasteiger partial charge in [0.25, 0.3) is 0 Å². The predicted octanol–water partition coefficient (Wildman–Crippen LogP) is 1.20. The first-order valence-electron chi connectivity index (χ1n) is 5.80. The standard InChI is InChI=1S/C13H11N3O3/c17-11-4-8-3-7(1-2-9(8)16-11)13-10(5-12(18)19)14-6-15-13/h1-3,6H,4-5H2,(H,14,15)(H,16,17)(H,18,19). The largest absolute Gasteiger partial charge is 0.481 e. The van der Waals surface area contributed by atoms with Gasteiger partial charge in [-0.1, -0.05) is 6.07 Å². The highest BCUT2D eigenvalue weighted by atomic mass is 16.4. The van der Waals surface area contributed by atoms with Gasteiger partial charge in [0, 0.05) is 11.3 Å². The van der Waals surface area contributed by atoms with Crippen LogP contribution in [0, 0.1) is 0 Å². The molecule has 0 saturated heterocycles. The molecule has 0 unspecified atom stereocenters. The maximum absolute atomic E-state index is 11.3. The highest BCUT2D eigenvalue weighted by Gasteiger charge is 2.19. The van der Waals surface area contributed by atoms with Crippen LogP contribution in [-0.4, -0.2) is 27.0 Å². The second kappa shape index (κ2) is 4.24. The van der Waals surface area contributed by atoms with Crippen molar-refractivity contribution in [2.24, 2.45) is 0 Å². The third-order valence-electron chi connectivity index (χ3n) is 3.05. The number of hydrogen-bond donors (Lipinski definition) is 3. The Morgan fingerprint density at radius 3 is 3.05 bits per heavy atom. The summed E-state index contributed by atoms with van der Waals surface area (Å²) in [5.41, 5.74) is 3.71. The van der Waals surface area contributed by atoms with Crippen molar-refractivity contribution >= 4 is 17.6 Å². The summed E-state index contributed by atoms with van der Waals surface area (Å²) in [6.07, 6.45) is 1.72. The zero-order valence-corrected chi connectivity index (χ0v) is 9.93. The monoisotopic (exact) mass is 257 g/mol. The molecule has 3 rings (SSSR count). The number of benzene rings is 1. The van der Waals surface area contributed by atoms with Crippen molar-refractivity contribution in [1.82, 2.24) is 9.97 Å². The Morgan fingerprint density at radius 2 is 2.26 bits per heavy atom. The number of carbonyl (C=O) groups excluding carboxylic acids is 1. The van der Waals surface area contributed by atoms with Gasteiger partial charge >= 0.3 is 5.97 Å². The molecule has 0 fully saturated rings. The molecule has 2 aromatic rings. The molecule has 0 radical (unpaired) electrons. The summed E-state index contributed by atoms with van der Waals surface area (Å²) in [5.74, 6) is -0.941. The number of anilines is 1. The molecule has 1 aromatic heterocycles. The van der Waals surface area contributed by atoms with Gasteiger partial charge in [0.15, 0.2) is 0 Å². The summed E-state index contributed by atoms with van der Waals surface area (Å²) in [4.78, 5) is 29.1. The third-order valence-corrected chi connectivity index (χ3v) is 3.05. The number of nitrogens with one attached hydrogen (secondary N) is 2. The van der Waals surface area contributed by atoms with Crippen LogP contribution in [0.3, 0.4) is 0 Å². The van der Waals surface area contributed by atoms with Crippen molar-refractivity contribution in [1.29, 1.82) is 0 Å². The van der Waals surface area contributed by atoms with E-state index in [0.29, 0.717) is 17.8 Å². The number of carboxylic acids is 1. The van der Waals surface area contributed by atoms with Gasteiger partial charge in [-0.2, -0.15) is 0 Å². The average Bonchev–Trinajstić information content (AvgIpc) is 2.92. The number of aliphatic carboxylic acids is 1. The minimum Gasteiger partial charge on any atom is -0.481 e. The van der Waals surface area contributed by atoms with Gasteiger partial charge < -0.3 is 15.4 Å². The fraction of sp³-hybridized carbons (Fsp3) is 0.154. The number of hydrogen-bond acceptors (Lipinski definition) is 3. The lowest BCUT2D eigenvalue weighted by atomic mass is 10.0. The van der Waals surface area contributed by atoms with Crippen molar-refractivity contribution in [3.8, 4) is 11.3 Å². The molecule has 0 bridgehead atoms. The van der Waals surface area contributed by atoms with Crippen LogP contribution in [0.1, 0.15) is 11.3 Å². The summed E-state index contributed by atoms with van der Waals surface area (Å²) in [6, 6.07) is 5.51. The highest BCUT2D eigenvalue weighted by molar-refractivity contribution is 5.99. The first-order valence-corrected chi connectivity index (χ1v) is 5.80. The fourth-order valence-electron chi connectivity index (χ4n) is 2.23. The maximum Gasteiger partial charge on any atom is 0.309 e. The maximum atomic E-state index is 11.3. The number of carboxylic acid groups (broad SMARTS) is 1. The van der Waals surface area contributed by atoms with Crippen LogP contribution in [0.5, 0.6) is 0 Å². The lowest BCUT2D eigenvalue weighted by Gasteiger charge is -2.04. The van der Waals surface area contributed by atoms with E-state index in [2.05, 4.69) is 15.3 Å². The lowest BCUT2D eigenvalue weighted by Crippen LogP contribution is -2.03. The second-order valence-corrected chi connectivity index (χ2v) is 4.40.